The topological polar surface area (TPSA) is 75.9 Å². The molecule has 0 spiro atoms. The van der Waals surface area contributed by atoms with Crippen LogP contribution in [0.25, 0.3) is 0 Å². The fraction of sp³-hybridized carbons (Fsp3) is 0.278. The van der Waals surface area contributed by atoms with E-state index >= 15 is 0 Å². The molecule has 0 saturated carbocycles. The summed E-state index contributed by atoms with van der Waals surface area (Å²) in [7, 11) is 0. The number of hydrogen-bond acceptors (Lipinski definition) is 7. The highest BCUT2D eigenvalue weighted by Gasteiger charge is 2.32. The minimum atomic E-state index is 0.331. The van der Waals surface area contributed by atoms with Gasteiger partial charge in [-0.1, -0.05) is 36.5 Å². The first-order valence-electron chi connectivity index (χ1n) is 8.31. The van der Waals surface area contributed by atoms with Crippen molar-refractivity contribution in [2.45, 2.75) is 0 Å². The summed E-state index contributed by atoms with van der Waals surface area (Å²) in [6, 6.07) is 12.0. The lowest BCUT2D eigenvalue weighted by molar-refractivity contribution is 0.0676. The Morgan fingerprint density at radius 2 is 2.12 bits per heavy atom. The van der Waals surface area contributed by atoms with Gasteiger partial charge in [0.2, 0.25) is 5.96 Å². The lowest BCUT2D eigenvalue weighted by atomic mass is 10.2. The fourth-order valence-electron chi connectivity index (χ4n) is 2.73. The zero-order valence-corrected chi connectivity index (χ0v) is 15.1. The largest absolute Gasteiger partial charge is 0.378 e. The molecule has 2 aliphatic heterocycles. The molecule has 26 heavy (non-hydrogen) atoms. The lowest BCUT2D eigenvalue weighted by Gasteiger charge is -2.33. The van der Waals surface area contributed by atoms with Crippen molar-refractivity contribution >= 4 is 28.9 Å². The van der Waals surface area contributed by atoms with Crippen LogP contribution in [0.1, 0.15) is 0 Å². The Kier molecular flexibility index (Phi) is 5.84. The summed E-state index contributed by atoms with van der Waals surface area (Å²) in [5.74, 6) is 1.27. The van der Waals surface area contributed by atoms with E-state index in [1.165, 1.54) is 0 Å². The van der Waals surface area contributed by atoms with Crippen LogP contribution in [0.2, 0.25) is 0 Å². The number of benzene rings is 1. The monoisotopic (exact) mass is 368 g/mol. The van der Waals surface area contributed by atoms with Gasteiger partial charge in [-0.3, -0.25) is 10.3 Å². The number of thiocarbonyl (C=S) groups is 1. The van der Waals surface area contributed by atoms with Gasteiger partial charge < -0.3 is 15.0 Å². The molecule has 3 rings (SSSR count). The van der Waals surface area contributed by atoms with E-state index in [1.807, 2.05) is 35.2 Å². The molecule has 0 amide bonds. The molecule has 2 N–H and O–H groups in total. The van der Waals surface area contributed by atoms with E-state index in [9.17, 15) is 5.26 Å². The molecule has 8 heteroatoms. The SMILES string of the molecule is C=CCNC(=S)C(C#N)=C1NN=C(N2CCOCC2)N1c1ccccc1. The molecule has 0 aromatic heterocycles. The molecule has 0 bridgehead atoms. The fourth-order valence-corrected chi connectivity index (χ4v) is 2.96. The quantitative estimate of drug-likeness (QED) is 0.361. The summed E-state index contributed by atoms with van der Waals surface area (Å²) < 4.78 is 5.44. The van der Waals surface area contributed by atoms with Crippen molar-refractivity contribution in [2.24, 2.45) is 5.10 Å². The maximum atomic E-state index is 9.71. The zero-order valence-electron chi connectivity index (χ0n) is 14.3. The molecular formula is C18H20N6OS. The van der Waals surface area contributed by atoms with Crippen molar-refractivity contribution < 1.29 is 4.74 Å². The molecule has 1 saturated heterocycles. The second-order valence-electron chi connectivity index (χ2n) is 5.63. The lowest BCUT2D eigenvalue weighted by Crippen LogP contribution is -2.47. The number of hydrazone groups is 1. The van der Waals surface area contributed by atoms with Crippen LogP contribution >= 0.6 is 12.2 Å². The first-order chi connectivity index (χ1) is 12.8. The standard InChI is InChI=1S/C18H20N6OS/c1-2-8-20-17(26)15(13-19)16-21-22-18(23-9-11-25-12-10-23)24(16)14-6-4-3-5-7-14/h2-7,21H,1,8-12H2,(H,20,26). The predicted molar refractivity (Wildman–Crippen MR) is 105 cm³/mol. The number of para-hydroxylation sites is 1. The number of anilines is 1. The predicted octanol–water partition coefficient (Wildman–Crippen LogP) is 1.54. The summed E-state index contributed by atoms with van der Waals surface area (Å²) in [4.78, 5) is 4.41. The first kappa shape index (κ1) is 17.9. The van der Waals surface area contributed by atoms with Crippen LogP contribution in [-0.4, -0.2) is 48.7 Å². The van der Waals surface area contributed by atoms with Crippen LogP contribution in [0.5, 0.6) is 0 Å². The third-order valence-electron chi connectivity index (χ3n) is 3.98. The Labute approximate surface area is 158 Å². The van der Waals surface area contributed by atoms with E-state index in [-0.39, 0.29) is 0 Å². The zero-order chi connectivity index (χ0) is 18.4. The van der Waals surface area contributed by atoms with Gasteiger partial charge in [0, 0.05) is 19.6 Å². The molecule has 1 fully saturated rings. The Morgan fingerprint density at radius 1 is 1.38 bits per heavy atom. The summed E-state index contributed by atoms with van der Waals surface area (Å²) in [5, 5.41) is 17.2. The molecule has 2 aliphatic rings. The second-order valence-corrected chi connectivity index (χ2v) is 6.04. The molecule has 0 aliphatic carbocycles. The van der Waals surface area contributed by atoms with Crippen molar-refractivity contribution in [3.63, 3.8) is 0 Å². The normalized spacial score (nSPS) is 18.5. The number of hydrogen-bond donors (Lipinski definition) is 2. The van der Waals surface area contributed by atoms with Gasteiger partial charge in [0.1, 0.15) is 16.6 Å². The summed E-state index contributed by atoms with van der Waals surface area (Å²) in [6.45, 7) is 6.91. The van der Waals surface area contributed by atoms with Gasteiger partial charge in [0.25, 0.3) is 0 Å². The van der Waals surface area contributed by atoms with E-state index in [0.29, 0.717) is 36.1 Å². The van der Waals surface area contributed by atoms with Crippen molar-refractivity contribution in [1.82, 2.24) is 15.6 Å². The van der Waals surface area contributed by atoms with Crippen LogP contribution in [-0.2, 0) is 4.74 Å². The van der Waals surface area contributed by atoms with E-state index in [4.69, 9.17) is 17.0 Å². The number of nitrogens with one attached hydrogen (secondary N) is 2. The Balaban J connectivity index is 1.99. The van der Waals surface area contributed by atoms with Gasteiger partial charge in [0.15, 0.2) is 5.82 Å². The summed E-state index contributed by atoms with van der Waals surface area (Å²) in [6.07, 6.45) is 1.69. The average Bonchev–Trinajstić information content (AvgIpc) is 3.13. The second kappa shape index (κ2) is 8.47. The highest BCUT2D eigenvalue weighted by molar-refractivity contribution is 7.80. The van der Waals surface area contributed by atoms with Crippen LogP contribution in [0.4, 0.5) is 5.69 Å². The third kappa shape index (κ3) is 3.69. The smallest absolute Gasteiger partial charge is 0.229 e. The maximum Gasteiger partial charge on any atom is 0.229 e. The Hall–Kier alpha value is -2.89. The Morgan fingerprint density at radius 3 is 2.77 bits per heavy atom. The minimum absolute atomic E-state index is 0.331. The number of morpholine rings is 1. The molecule has 134 valence electrons. The van der Waals surface area contributed by atoms with Gasteiger partial charge in [-0.15, -0.1) is 11.7 Å². The van der Waals surface area contributed by atoms with Gasteiger partial charge in [-0.2, -0.15) is 5.26 Å². The molecule has 0 atom stereocenters. The van der Waals surface area contributed by atoms with E-state index in [0.717, 1.165) is 24.7 Å². The van der Waals surface area contributed by atoms with E-state index in [2.05, 4.69) is 33.4 Å². The molecule has 7 nitrogen and oxygen atoms in total. The molecule has 0 radical (unpaired) electrons. The maximum absolute atomic E-state index is 9.71. The third-order valence-corrected chi connectivity index (χ3v) is 4.32. The van der Waals surface area contributed by atoms with Crippen LogP contribution in [0.15, 0.2) is 59.5 Å². The summed E-state index contributed by atoms with van der Waals surface area (Å²) >= 11 is 5.38. The van der Waals surface area contributed by atoms with Gasteiger partial charge in [-0.05, 0) is 12.1 Å². The van der Waals surface area contributed by atoms with Crippen molar-refractivity contribution in [1.29, 1.82) is 5.26 Å². The molecule has 2 heterocycles. The number of guanidine groups is 1. The van der Waals surface area contributed by atoms with Crippen molar-refractivity contribution in [3.8, 4) is 6.07 Å². The van der Waals surface area contributed by atoms with Crippen molar-refractivity contribution in [3.05, 3.63) is 54.4 Å². The van der Waals surface area contributed by atoms with Crippen LogP contribution in [0.3, 0.4) is 0 Å². The molecule has 1 aromatic rings. The molecule has 0 unspecified atom stereocenters. The van der Waals surface area contributed by atoms with Gasteiger partial charge >= 0.3 is 0 Å². The highest BCUT2D eigenvalue weighted by atomic mass is 32.1. The molecule has 1 aromatic carbocycles. The number of nitrogens with zero attached hydrogens (tertiary/aromatic N) is 4. The number of ether oxygens (including phenoxy) is 1. The first-order valence-corrected chi connectivity index (χ1v) is 8.72. The van der Waals surface area contributed by atoms with Crippen LogP contribution in [0, 0.1) is 11.3 Å². The summed E-state index contributed by atoms with van der Waals surface area (Å²) in [5.41, 5.74) is 4.23. The van der Waals surface area contributed by atoms with E-state index < -0.39 is 0 Å². The number of nitriles is 1. The molecular weight excluding hydrogens is 348 g/mol. The van der Waals surface area contributed by atoms with E-state index in [1.54, 1.807) is 6.08 Å². The van der Waals surface area contributed by atoms with Crippen LogP contribution < -0.4 is 15.6 Å². The highest BCUT2D eigenvalue weighted by Crippen LogP contribution is 2.26. The number of rotatable bonds is 4. The van der Waals surface area contributed by atoms with Gasteiger partial charge in [0.05, 0.1) is 18.9 Å². The minimum Gasteiger partial charge on any atom is -0.378 e. The Bertz CT molecular complexity index is 777. The average molecular weight is 368 g/mol. The van der Waals surface area contributed by atoms with Gasteiger partial charge in [-0.25, -0.2) is 0 Å². The van der Waals surface area contributed by atoms with Crippen molar-refractivity contribution in [2.75, 3.05) is 37.7 Å².